The lowest BCUT2D eigenvalue weighted by molar-refractivity contribution is -0.125. The highest BCUT2D eigenvalue weighted by molar-refractivity contribution is 7.97. The van der Waals surface area contributed by atoms with Crippen LogP contribution >= 0.6 is 11.8 Å². The van der Waals surface area contributed by atoms with Crippen molar-refractivity contribution < 1.29 is 19.4 Å². The maximum Gasteiger partial charge on any atom is 0.407 e. The second-order valence-corrected chi connectivity index (χ2v) is 14.6. The Morgan fingerprint density at radius 2 is 1.70 bits per heavy atom. The van der Waals surface area contributed by atoms with Crippen LogP contribution in [-0.4, -0.2) is 47.7 Å². The molecule has 1 unspecified atom stereocenters. The van der Waals surface area contributed by atoms with E-state index in [1.54, 1.807) is 0 Å². The van der Waals surface area contributed by atoms with Crippen molar-refractivity contribution >= 4 is 23.8 Å². The molecule has 1 aromatic carbocycles. The third kappa shape index (κ3) is 13.3. The largest absolute Gasteiger partial charge is 0.444 e. The number of aliphatic hydroxyl groups is 1. The van der Waals surface area contributed by atoms with Gasteiger partial charge < -0.3 is 20.5 Å². The van der Waals surface area contributed by atoms with Crippen molar-refractivity contribution in [3.05, 3.63) is 34.9 Å². The lowest BCUT2D eigenvalue weighted by Crippen LogP contribution is -2.48. The number of ether oxygens (including phenoxy) is 1. The summed E-state index contributed by atoms with van der Waals surface area (Å²) in [4.78, 5) is 25.4. The maximum absolute atomic E-state index is 12.8. The first kappa shape index (κ1) is 36.3. The topological polar surface area (TPSA) is 87.7 Å². The van der Waals surface area contributed by atoms with Crippen LogP contribution < -0.4 is 10.6 Å². The molecule has 0 bridgehead atoms. The van der Waals surface area contributed by atoms with Crippen LogP contribution in [0.2, 0.25) is 0 Å². The molecule has 0 fully saturated rings. The SMILES string of the molecule is CCCCNC(=O)C(C)C[C@H](O)[C@H](C[C@H](Cc1ccc(C(C)(C)C)c(CSC)c1)C(C)C)NC(=O)OC(C)(C)C. The average molecular weight is 579 g/mol. The van der Waals surface area contributed by atoms with Crippen LogP contribution in [0.3, 0.4) is 0 Å². The van der Waals surface area contributed by atoms with Crippen LogP contribution in [0, 0.1) is 17.8 Å². The molecule has 0 radical (unpaired) electrons. The third-order valence-corrected chi connectivity index (χ3v) is 7.91. The van der Waals surface area contributed by atoms with E-state index < -0.39 is 23.8 Å². The lowest BCUT2D eigenvalue weighted by atomic mass is 9.79. The molecule has 0 aliphatic heterocycles. The van der Waals surface area contributed by atoms with Gasteiger partial charge in [0.1, 0.15) is 5.60 Å². The zero-order valence-electron chi connectivity index (χ0n) is 27.1. The number of alkyl carbamates (subject to hydrolysis) is 1. The van der Waals surface area contributed by atoms with Crippen molar-refractivity contribution in [1.82, 2.24) is 10.6 Å². The summed E-state index contributed by atoms with van der Waals surface area (Å²) < 4.78 is 5.54. The fraction of sp³-hybridized carbons (Fsp3) is 0.758. The second-order valence-electron chi connectivity index (χ2n) is 13.7. The number of carbonyl (C=O) groups excluding carboxylic acids is 2. The molecule has 0 aliphatic rings. The first-order chi connectivity index (χ1) is 18.5. The summed E-state index contributed by atoms with van der Waals surface area (Å²) in [5.74, 6) is 1.07. The zero-order chi connectivity index (χ0) is 30.7. The van der Waals surface area contributed by atoms with Gasteiger partial charge in [0.25, 0.3) is 0 Å². The molecule has 40 heavy (non-hydrogen) atoms. The Labute approximate surface area is 249 Å². The second kappa shape index (κ2) is 16.6. The summed E-state index contributed by atoms with van der Waals surface area (Å²) in [6.07, 6.45) is 4.34. The van der Waals surface area contributed by atoms with E-state index in [4.69, 9.17) is 4.74 Å². The summed E-state index contributed by atoms with van der Waals surface area (Å²) in [6, 6.07) is 6.30. The van der Waals surface area contributed by atoms with Gasteiger partial charge in [-0.05, 0) is 86.7 Å². The van der Waals surface area contributed by atoms with Crippen LogP contribution in [0.15, 0.2) is 18.2 Å². The van der Waals surface area contributed by atoms with Gasteiger partial charge >= 0.3 is 6.09 Å². The minimum Gasteiger partial charge on any atom is -0.444 e. The molecular weight excluding hydrogens is 520 g/mol. The summed E-state index contributed by atoms with van der Waals surface area (Å²) in [5.41, 5.74) is 3.44. The minimum atomic E-state index is -0.879. The highest BCUT2D eigenvalue weighted by Gasteiger charge is 2.31. The van der Waals surface area contributed by atoms with E-state index in [0.29, 0.717) is 18.9 Å². The molecule has 0 saturated carbocycles. The van der Waals surface area contributed by atoms with E-state index in [0.717, 1.165) is 25.0 Å². The van der Waals surface area contributed by atoms with Crippen molar-refractivity contribution in [2.24, 2.45) is 17.8 Å². The van der Waals surface area contributed by atoms with E-state index in [-0.39, 0.29) is 29.6 Å². The monoisotopic (exact) mass is 578 g/mol. The molecule has 0 saturated heterocycles. The van der Waals surface area contributed by atoms with Gasteiger partial charge in [0.15, 0.2) is 0 Å². The summed E-state index contributed by atoms with van der Waals surface area (Å²) >= 11 is 1.83. The Bertz CT molecular complexity index is 920. The van der Waals surface area contributed by atoms with Gasteiger partial charge in [-0.25, -0.2) is 4.79 Å². The minimum absolute atomic E-state index is 0.0656. The normalized spacial score (nSPS) is 15.3. The number of hydrogen-bond acceptors (Lipinski definition) is 5. The molecule has 7 heteroatoms. The number of aliphatic hydroxyl groups excluding tert-OH is 1. The van der Waals surface area contributed by atoms with Gasteiger partial charge in [0, 0.05) is 18.2 Å². The van der Waals surface area contributed by atoms with Gasteiger partial charge in [-0.15, -0.1) is 0 Å². The Hall–Kier alpha value is -1.73. The smallest absolute Gasteiger partial charge is 0.407 e. The van der Waals surface area contributed by atoms with E-state index >= 15 is 0 Å². The Morgan fingerprint density at radius 3 is 2.23 bits per heavy atom. The third-order valence-electron chi connectivity index (χ3n) is 7.31. The number of rotatable bonds is 15. The Morgan fingerprint density at radius 1 is 1.05 bits per heavy atom. The van der Waals surface area contributed by atoms with E-state index in [9.17, 15) is 14.7 Å². The summed E-state index contributed by atoms with van der Waals surface area (Å²) in [6.45, 7) is 21.2. The maximum atomic E-state index is 12.8. The quantitative estimate of drug-likeness (QED) is 0.191. The number of nitrogens with one attached hydrogen (secondary N) is 2. The molecule has 0 aliphatic carbocycles. The van der Waals surface area contributed by atoms with Crippen molar-refractivity contribution in [3.8, 4) is 0 Å². The first-order valence-electron chi connectivity index (χ1n) is 15.0. The highest BCUT2D eigenvalue weighted by atomic mass is 32.2. The highest BCUT2D eigenvalue weighted by Crippen LogP contribution is 2.31. The fourth-order valence-corrected chi connectivity index (χ4v) is 5.52. The van der Waals surface area contributed by atoms with E-state index in [1.165, 1.54) is 16.7 Å². The van der Waals surface area contributed by atoms with Gasteiger partial charge in [0.05, 0.1) is 12.1 Å². The lowest BCUT2D eigenvalue weighted by Gasteiger charge is -2.32. The number of carbonyl (C=O) groups is 2. The van der Waals surface area contributed by atoms with Gasteiger partial charge in [-0.1, -0.05) is 73.1 Å². The van der Waals surface area contributed by atoms with Crippen LogP contribution in [-0.2, 0) is 27.1 Å². The molecular formula is C33H58N2O4S. The zero-order valence-corrected chi connectivity index (χ0v) is 28.0. The predicted molar refractivity (Wildman–Crippen MR) is 170 cm³/mol. The van der Waals surface area contributed by atoms with Crippen LogP contribution in [0.4, 0.5) is 4.79 Å². The Balaban J connectivity index is 3.18. The van der Waals surface area contributed by atoms with Crippen LogP contribution in [0.25, 0.3) is 0 Å². The summed E-state index contributed by atoms with van der Waals surface area (Å²) in [7, 11) is 0. The van der Waals surface area contributed by atoms with Crippen LogP contribution in [0.5, 0.6) is 0 Å². The first-order valence-corrected chi connectivity index (χ1v) is 16.4. The fourth-order valence-electron chi connectivity index (χ4n) is 4.97. The molecule has 0 heterocycles. The molecule has 3 N–H and O–H groups in total. The number of hydrogen-bond donors (Lipinski definition) is 3. The van der Waals surface area contributed by atoms with E-state index in [1.807, 2.05) is 39.5 Å². The van der Waals surface area contributed by atoms with Crippen molar-refractivity contribution in [3.63, 3.8) is 0 Å². The van der Waals surface area contributed by atoms with Crippen molar-refractivity contribution in [1.29, 1.82) is 0 Å². The van der Waals surface area contributed by atoms with Gasteiger partial charge in [-0.2, -0.15) is 11.8 Å². The standard InChI is InChI=1S/C33H58N2O4S/c1-12-13-16-34-30(37)23(4)17-29(36)28(35-31(38)39-33(8,9)10)20-25(22(2)3)18-24-14-15-27(32(5,6)7)26(19-24)21-40-11/h14-15,19,22-23,25,28-29,36H,12-13,16-18,20-21H2,1-11H3,(H,34,37)(H,35,38)/t23?,25-,28-,29-/m0/s1. The predicted octanol–water partition coefficient (Wildman–Crippen LogP) is 7.25. The van der Waals surface area contributed by atoms with Gasteiger partial charge in [-0.3, -0.25) is 4.79 Å². The molecule has 6 nitrogen and oxygen atoms in total. The molecule has 0 spiro atoms. The number of thioether (sulfide) groups is 1. The molecule has 2 amide bonds. The average Bonchev–Trinajstić information content (AvgIpc) is 2.81. The number of amides is 2. The van der Waals surface area contributed by atoms with Crippen LogP contribution in [0.1, 0.15) is 112 Å². The molecule has 1 aromatic rings. The van der Waals surface area contributed by atoms with Gasteiger partial charge in [0.2, 0.25) is 5.91 Å². The van der Waals surface area contributed by atoms with Crippen molar-refractivity contribution in [2.45, 2.75) is 130 Å². The summed E-state index contributed by atoms with van der Waals surface area (Å²) in [5, 5.41) is 17.2. The molecule has 4 atom stereocenters. The number of benzene rings is 1. The van der Waals surface area contributed by atoms with E-state index in [2.05, 4.69) is 76.6 Å². The number of unbranched alkanes of at least 4 members (excludes halogenated alkanes) is 1. The molecule has 0 aromatic heterocycles. The Kier molecular flexibility index (Phi) is 15.1. The van der Waals surface area contributed by atoms with Crippen molar-refractivity contribution in [2.75, 3.05) is 12.8 Å². The molecule has 1 rings (SSSR count). The molecule has 230 valence electrons.